The maximum atomic E-state index is 11.0. The lowest BCUT2D eigenvalue weighted by Gasteiger charge is -2.05. The third-order valence-electron chi connectivity index (χ3n) is 2.95. The number of halogens is 1. The number of hydrazone groups is 1. The molecule has 0 amide bonds. The second kappa shape index (κ2) is 6.91. The summed E-state index contributed by atoms with van der Waals surface area (Å²) in [6, 6.07) is 11.7. The summed E-state index contributed by atoms with van der Waals surface area (Å²) in [5.74, 6) is 0.704. The van der Waals surface area contributed by atoms with Gasteiger partial charge in [-0.2, -0.15) is 5.10 Å². The van der Waals surface area contributed by atoms with Crippen LogP contribution >= 0.6 is 11.6 Å². The molecule has 0 bridgehead atoms. The van der Waals surface area contributed by atoms with Crippen molar-refractivity contribution in [2.24, 2.45) is 5.10 Å². The van der Waals surface area contributed by atoms with Gasteiger partial charge < -0.3 is 4.74 Å². The van der Waals surface area contributed by atoms with Gasteiger partial charge in [0.1, 0.15) is 11.4 Å². The average Bonchev–Trinajstić information content (AvgIpc) is 2.52. The fourth-order valence-electron chi connectivity index (χ4n) is 1.80. The van der Waals surface area contributed by atoms with Crippen LogP contribution < -0.4 is 10.2 Å². The normalized spacial score (nSPS) is 11.1. The Labute approximate surface area is 132 Å². The Balaban J connectivity index is 2.23. The third kappa shape index (κ3) is 3.73. The van der Waals surface area contributed by atoms with Crippen LogP contribution in [-0.2, 0) is 0 Å². The molecule has 1 N–H and O–H groups in total. The number of nitrogens with zero attached hydrogens (tertiary/aromatic N) is 2. The molecule has 6 nitrogen and oxygen atoms in total. The first-order valence-corrected chi connectivity index (χ1v) is 6.77. The van der Waals surface area contributed by atoms with E-state index in [0.29, 0.717) is 11.3 Å². The zero-order valence-corrected chi connectivity index (χ0v) is 12.8. The highest BCUT2D eigenvalue weighted by molar-refractivity contribution is 6.69. The van der Waals surface area contributed by atoms with Crippen LogP contribution in [0.5, 0.6) is 5.75 Å². The molecule has 2 rings (SSSR count). The Bertz CT molecular complexity index is 714. The van der Waals surface area contributed by atoms with Crippen molar-refractivity contribution >= 4 is 28.1 Å². The summed E-state index contributed by atoms with van der Waals surface area (Å²) in [4.78, 5) is 10.5. The molecule has 0 aliphatic rings. The number of nitrogens with one attached hydrogen (secondary N) is 1. The first kappa shape index (κ1) is 15.8. The average molecular weight is 320 g/mol. The summed E-state index contributed by atoms with van der Waals surface area (Å²) in [6.45, 7) is 1.84. The van der Waals surface area contributed by atoms with Crippen LogP contribution in [-0.4, -0.2) is 17.2 Å². The lowest BCUT2D eigenvalue weighted by molar-refractivity contribution is -0.384. The van der Waals surface area contributed by atoms with Crippen LogP contribution in [0.2, 0.25) is 0 Å². The van der Waals surface area contributed by atoms with Gasteiger partial charge in [-0.15, -0.1) is 0 Å². The second-order valence-electron chi connectivity index (χ2n) is 4.52. The maximum Gasteiger partial charge on any atom is 0.294 e. The van der Waals surface area contributed by atoms with Gasteiger partial charge in [-0.25, -0.2) is 0 Å². The smallest absolute Gasteiger partial charge is 0.294 e. The summed E-state index contributed by atoms with van der Waals surface area (Å²) < 4.78 is 5.06. The molecule has 0 atom stereocenters. The van der Waals surface area contributed by atoms with Crippen molar-refractivity contribution in [3.8, 4) is 5.75 Å². The van der Waals surface area contributed by atoms with Crippen molar-refractivity contribution in [3.63, 3.8) is 0 Å². The molecule has 0 radical (unpaired) electrons. The molecule has 2 aromatic carbocycles. The van der Waals surface area contributed by atoms with E-state index in [-0.39, 0.29) is 16.5 Å². The van der Waals surface area contributed by atoms with Crippen molar-refractivity contribution < 1.29 is 9.66 Å². The minimum Gasteiger partial charge on any atom is -0.497 e. The highest BCUT2D eigenvalue weighted by Gasteiger charge is 2.13. The Hall–Kier alpha value is -2.60. The van der Waals surface area contributed by atoms with E-state index in [1.165, 1.54) is 6.07 Å². The van der Waals surface area contributed by atoms with Crippen molar-refractivity contribution in [2.45, 2.75) is 6.92 Å². The van der Waals surface area contributed by atoms with E-state index in [1.807, 2.05) is 6.92 Å². The van der Waals surface area contributed by atoms with Gasteiger partial charge in [0.2, 0.25) is 0 Å². The van der Waals surface area contributed by atoms with E-state index in [4.69, 9.17) is 16.3 Å². The van der Waals surface area contributed by atoms with Crippen LogP contribution in [0.25, 0.3) is 0 Å². The zero-order valence-electron chi connectivity index (χ0n) is 12.0. The predicted molar refractivity (Wildman–Crippen MR) is 86.8 cm³/mol. The van der Waals surface area contributed by atoms with Gasteiger partial charge in [-0.1, -0.05) is 17.7 Å². The number of rotatable bonds is 5. The fraction of sp³-hybridized carbons (Fsp3) is 0.133. The molecular weight excluding hydrogens is 306 g/mol. The standard InChI is InChI=1S/C15H14ClN3O3/c1-10-3-8-14(19(20)21)13(9-10)17-18-15(16)11-4-6-12(22-2)7-5-11/h3-9,17H,1-2H3/b18-15+. The molecule has 0 saturated heterocycles. The first-order chi connectivity index (χ1) is 10.5. The SMILES string of the molecule is COc1ccc(/C(Cl)=N\Nc2cc(C)ccc2[N+](=O)[O-])cc1. The van der Waals surface area contributed by atoms with Gasteiger partial charge in [0.15, 0.2) is 5.17 Å². The maximum absolute atomic E-state index is 11.0. The minimum atomic E-state index is -0.474. The molecule has 0 saturated carbocycles. The molecule has 114 valence electrons. The van der Waals surface area contributed by atoms with E-state index in [9.17, 15) is 10.1 Å². The molecule has 0 fully saturated rings. The van der Waals surface area contributed by atoms with Crippen LogP contribution in [0.15, 0.2) is 47.6 Å². The molecule has 7 heteroatoms. The molecule has 0 heterocycles. The van der Waals surface area contributed by atoms with Gasteiger partial charge in [0, 0.05) is 11.6 Å². The second-order valence-corrected chi connectivity index (χ2v) is 4.88. The summed E-state index contributed by atoms with van der Waals surface area (Å²) >= 11 is 6.10. The molecule has 0 aromatic heterocycles. The van der Waals surface area contributed by atoms with E-state index in [2.05, 4.69) is 10.5 Å². The van der Waals surface area contributed by atoms with Gasteiger partial charge in [-0.05, 0) is 42.8 Å². The van der Waals surface area contributed by atoms with E-state index >= 15 is 0 Å². The van der Waals surface area contributed by atoms with Crippen LogP contribution in [0.3, 0.4) is 0 Å². The van der Waals surface area contributed by atoms with Gasteiger partial charge >= 0.3 is 0 Å². The number of hydrogen-bond acceptors (Lipinski definition) is 5. The number of ether oxygens (including phenoxy) is 1. The fourth-order valence-corrected chi connectivity index (χ4v) is 1.97. The lowest BCUT2D eigenvalue weighted by atomic mass is 10.2. The largest absolute Gasteiger partial charge is 0.497 e. The van der Waals surface area contributed by atoms with Crippen molar-refractivity contribution in [3.05, 3.63) is 63.7 Å². The molecule has 0 aliphatic heterocycles. The van der Waals surface area contributed by atoms with E-state index < -0.39 is 4.92 Å². The number of nitro groups is 1. The molecule has 22 heavy (non-hydrogen) atoms. The predicted octanol–water partition coefficient (Wildman–Crippen LogP) is 3.92. The van der Waals surface area contributed by atoms with Crippen molar-refractivity contribution in [1.29, 1.82) is 0 Å². The lowest BCUT2D eigenvalue weighted by Crippen LogP contribution is -2.00. The number of hydrogen-bond donors (Lipinski definition) is 1. The number of anilines is 1. The van der Waals surface area contributed by atoms with Gasteiger partial charge in [0.05, 0.1) is 12.0 Å². The number of nitro benzene ring substituents is 1. The molecule has 0 unspecified atom stereocenters. The van der Waals surface area contributed by atoms with Gasteiger partial charge in [0.25, 0.3) is 5.69 Å². The quantitative estimate of drug-likeness (QED) is 0.514. The highest BCUT2D eigenvalue weighted by Crippen LogP contribution is 2.25. The monoisotopic (exact) mass is 319 g/mol. The van der Waals surface area contributed by atoms with Crippen LogP contribution in [0, 0.1) is 17.0 Å². The highest BCUT2D eigenvalue weighted by atomic mass is 35.5. The Morgan fingerprint density at radius 1 is 1.27 bits per heavy atom. The van der Waals surface area contributed by atoms with Gasteiger partial charge in [-0.3, -0.25) is 15.5 Å². The molecular formula is C15H14ClN3O3. The number of benzene rings is 2. The number of aryl methyl sites for hydroxylation is 1. The van der Waals surface area contributed by atoms with E-state index in [1.54, 1.807) is 43.5 Å². The summed E-state index contributed by atoms with van der Waals surface area (Å²) in [6.07, 6.45) is 0. The first-order valence-electron chi connectivity index (χ1n) is 6.40. The Morgan fingerprint density at radius 2 is 1.95 bits per heavy atom. The molecule has 0 aliphatic carbocycles. The molecule has 2 aromatic rings. The summed E-state index contributed by atoms with van der Waals surface area (Å²) in [7, 11) is 1.57. The Kier molecular flexibility index (Phi) is 4.95. The number of methoxy groups -OCH3 is 1. The van der Waals surface area contributed by atoms with Crippen molar-refractivity contribution in [2.75, 3.05) is 12.5 Å². The topological polar surface area (TPSA) is 76.8 Å². The minimum absolute atomic E-state index is 0.0615. The van der Waals surface area contributed by atoms with Crippen LogP contribution in [0.1, 0.15) is 11.1 Å². The summed E-state index contributed by atoms with van der Waals surface area (Å²) in [5, 5.41) is 15.2. The van der Waals surface area contributed by atoms with Crippen molar-refractivity contribution in [1.82, 2.24) is 0 Å². The third-order valence-corrected chi connectivity index (χ3v) is 3.25. The van der Waals surface area contributed by atoms with Crippen LogP contribution in [0.4, 0.5) is 11.4 Å². The van der Waals surface area contributed by atoms with E-state index in [0.717, 1.165) is 5.56 Å². The molecule has 0 spiro atoms. The Morgan fingerprint density at radius 3 is 2.55 bits per heavy atom. The summed E-state index contributed by atoms with van der Waals surface area (Å²) in [5.41, 5.74) is 4.42. The zero-order chi connectivity index (χ0) is 16.1.